The van der Waals surface area contributed by atoms with E-state index in [0.717, 1.165) is 18.3 Å². The number of aliphatic hydroxyl groups is 1. The Balaban J connectivity index is 2.18. The lowest BCUT2D eigenvalue weighted by atomic mass is 9.95. The van der Waals surface area contributed by atoms with Crippen molar-refractivity contribution < 1.29 is 31.4 Å². The van der Waals surface area contributed by atoms with Crippen LogP contribution in [0.25, 0.3) is 22.4 Å². The predicted molar refractivity (Wildman–Crippen MR) is 91.0 cm³/mol. The molecule has 0 saturated heterocycles. The molecule has 28 heavy (non-hydrogen) atoms. The van der Waals surface area contributed by atoms with Crippen LogP contribution in [0.4, 0.5) is 26.3 Å². The van der Waals surface area contributed by atoms with Crippen molar-refractivity contribution >= 4 is 0 Å². The molecule has 0 unspecified atom stereocenters. The third-order valence-electron chi connectivity index (χ3n) is 4.19. The monoisotopic (exact) mass is 397 g/mol. The highest BCUT2D eigenvalue weighted by Crippen LogP contribution is 2.40. The molecule has 3 aromatic rings. The van der Waals surface area contributed by atoms with Gasteiger partial charge in [-0.05, 0) is 29.3 Å². The van der Waals surface area contributed by atoms with E-state index in [1.165, 1.54) is 42.5 Å². The number of aromatic nitrogens is 1. The van der Waals surface area contributed by atoms with Gasteiger partial charge in [0.05, 0.1) is 23.4 Å². The molecule has 0 aliphatic rings. The van der Waals surface area contributed by atoms with Crippen LogP contribution in [0.5, 0.6) is 0 Å². The van der Waals surface area contributed by atoms with Crippen LogP contribution in [0.1, 0.15) is 16.7 Å². The molecule has 0 amide bonds. The molecule has 1 aromatic heterocycles. The van der Waals surface area contributed by atoms with E-state index in [1.807, 2.05) is 0 Å². The SMILES string of the molecule is OCc1cc(-c2ccccc2C(F)(F)F)ncc1-c1ccccc1C(F)(F)F. The number of pyridine rings is 1. The van der Waals surface area contributed by atoms with Crippen molar-refractivity contribution in [2.24, 2.45) is 0 Å². The summed E-state index contributed by atoms with van der Waals surface area (Å²) in [7, 11) is 0. The van der Waals surface area contributed by atoms with Crippen molar-refractivity contribution in [3.63, 3.8) is 0 Å². The first kappa shape index (κ1) is 19.9. The Morgan fingerprint density at radius 3 is 1.75 bits per heavy atom. The van der Waals surface area contributed by atoms with E-state index in [2.05, 4.69) is 4.98 Å². The summed E-state index contributed by atoms with van der Waals surface area (Å²) >= 11 is 0. The molecule has 0 saturated carbocycles. The van der Waals surface area contributed by atoms with E-state index >= 15 is 0 Å². The summed E-state index contributed by atoms with van der Waals surface area (Å²) in [5, 5.41) is 9.64. The number of alkyl halides is 6. The number of hydrogen-bond acceptors (Lipinski definition) is 2. The Morgan fingerprint density at radius 1 is 0.714 bits per heavy atom. The van der Waals surface area contributed by atoms with Crippen LogP contribution in [-0.2, 0) is 19.0 Å². The average Bonchev–Trinajstić information content (AvgIpc) is 2.66. The smallest absolute Gasteiger partial charge is 0.392 e. The molecular formula is C20H13F6NO. The average molecular weight is 397 g/mol. The highest BCUT2D eigenvalue weighted by Gasteiger charge is 2.35. The molecule has 0 atom stereocenters. The van der Waals surface area contributed by atoms with E-state index < -0.39 is 30.1 Å². The van der Waals surface area contributed by atoms with Gasteiger partial charge in [-0.15, -0.1) is 0 Å². The molecule has 0 aliphatic heterocycles. The molecule has 0 spiro atoms. The summed E-state index contributed by atoms with van der Waals surface area (Å²) in [5.41, 5.74) is -2.32. The number of hydrogen-bond donors (Lipinski definition) is 1. The Labute approximate surface area is 156 Å². The van der Waals surface area contributed by atoms with E-state index in [0.29, 0.717) is 0 Å². The molecular weight excluding hydrogens is 384 g/mol. The van der Waals surface area contributed by atoms with E-state index in [9.17, 15) is 31.4 Å². The maximum atomic E-state index is 13.3. The van der Waals surface area contributed by atoms with Crippen LogP contribution in [0.15, 0.2) is 60.8 Å². The minimum Gasteiger partial charge on any atom is -0.392 e. The largest absolute Gasteiger partial charge is 0.417 e. The highest BCUT2D eigenvalue weighted by atomic mass is 19.4. The summed E-state index contributed by atoms with van der Waals surface area (Å²) in [6, 6.07) is 10.7. The Kier molecular flexibility index (Phi) is 5.16. The van der Waals surface area contributed by atoms with Gasteiger partial charge in [-0.2, -0.15) is 26.3 Å². The first-order valence-electron chi connectivity index (χ1n) is 8.06. The fraction of sp³-hybridized carbons (Fsp3) is 0.150. The maximum absolute atomic E-state index is 13.3. The summed E-state index contributed by atoms with van der Waals surface area (Å²) in [6.45, 7) is -0.661. The normalized spacial score (nSPS) is 12.2. The van der Waals surface area contributed by atoms with Crippen LogP contribution < -0.4 is 0 Å². The maximum Gasteiger partial charge on any atom is 0.417 e. The van der Waals surface area contributed by atoms with Gasteiger partial charge in [0.2, 0.25) is 0 Å². The molecule has 146 valence electrons. The van der Waals surface area contributed by atoms with Crippen molar-refractivity contribution in [2.45, 2.75) is 19.0 Å². The van der Waals surface area contributed by atoms with Gasteiger partial charge in [0.15, 0.2) is 0 Å². The summed E-state index contributed by atoms with van der Waals surface area (Å²) in [5.74, 6) is 0. The summed E-state index contributed by atoms with van der Waals surface area (Å²) in [6.07, 6.45) is -8.21. The van der Waals surface area contributed by atoms with Gasteiger partial charge in [0.25, 0.3) is 0 Å². The lowest BCUT2D eigenvalue weighted by molar-refractivity contribution is -0.137. The summed E-state index contributed by atoms with van der Waals surface area (Å²) in [4.78, 5) is 3.95. The van der Waals surface area contributed by atoms with Crippen molar-refractivity contribution in [2.75, 3.05) is 0 Å². The topological polar surface area (TPSA) is 33.1 Å². The van der Waals surface area contributed by atoms with Crippen molar-refractivity contribution in [3.8, 4) is 22.4 Å². The number of halogens is 6. The van der Waals surface area contributed by atoms with Crippen LogP contribution in [0.3, 0.4) is 0 Å². The number of aliphatic hydroxyl groups excluding tert-OH is 1. The molecule has 1 heterocycles. The zero-order valence-corrected chi connectivity index (χ0v) is 14.1. The van der Waals surface area contributed by atoms with Crippen molar-refractivity contribution in [1.82, 2.24) is 4.98 Å². The molecule has 0 bridgehead atoms. The summed E-state index contributed by atoms with van der Waals surface area (Å²) < 4.78 is 79.6. The van der Waals surface area contributed by atoms with E-state index in [1.54, 1.807) is 0 Å². The van der Waals surface area contributed by atoms with Crippen LogP contribution in [0, 0.1) is 0 Å². The minimum atomic E-state index is -4.63. The number of benzene rings is 2. The Hall–Kier alpha value is -2.87. The van der Waals surface area contributed by atoms with Crippen molar-refractivity contribution in [1.29, 1.82) is 0 Å². The van der Waals surface area contributed by atoms with Crippen LogP contribution >= 0.6 is 0 Å². The zero-order valence-electron chi connectivity index (χ0n) is 14.1. The molecule has 0 aliphatic carbocycles. The molecule has 2 aromatic carbocycles. The molecule has 0 fully saturated rings. The van der Waals surface area contributed by atoms with Crippen LogP contribution in [0.2, 0.25) is 0 Å². The second-order valence-electron chi connectivity index (χ2n) is 5.97. The van der Waals surface area contributed by atoms with Crippen LogP contribution in [-0.4, -0.2) is 10.1 Å². The van der Waals surface area contributed by atoms with E-state index in [-0.39, 0.29) is 27.9 Å². The highest BCUT2D eigenvalue weighted by molar-refractivity contribution is 5.74. The fourth-order valence-electron chi connectivity index (χ4n) is 2.94. The Morgan fingerprint density at radius 2 is 1.21 bits per heavy atom. The third-order valence-corrected chi connectivity index (χ3v) is 4.19. The van der Waals surface area contributed by atoms with Gasteiger partial charge >= 0.3 is 12.4 Å². The van der Waals surface area contributed by atoms with Gasteiger partial charge in [0, 0.05) is 17.3 Å². The lowest BCUT2D eigenvalue weighted by Crippen LogP contribution is -2.09. The molecule has 0 radical (unpaired) electrons. The quantitative estimate of drug-likeness (QED) is 0.555. The standard InChI is InChI=1S/C20H13F6NO/c21-19(22,23)16-7-3-1-5-13(16)15-10-27-18(9-12(15)11-28)14-6-2-4-8-17(14)20(24,25)26/h1-10,28H,11H2. The first-order valence-corrected chi connectivity index (χ1v) is 8.06. The van der Waals surface area contributed by atoms with Gasteiger partial charge in [-0.3, -0.25) is 4.98 Å². The molecule has 2 nitrogen and oxygen atoms in total. The molecule has 3 rings (SSSR count). The molecule has 1 N–H and O–H groups in total. The first-order chi connectivity index (χ1) is 13.1. The molecule has 8 heteroatoms. The zero-order chi connectivity index (χ0) is 20.5. The van der Waals surface area contributed by atoms with Gasteiger partial charge < -0.3 is 5.11 Å². The third kappa shape index (κ3) is 3.87. The number of rotatable bonds is 3. The Bertz CT molecular complexity index is 994. The minimum absolute atomic E-state index is 0.00339. The fourth-order valence-corrected chi connectivity index (χ4v) is 2.94. The van der Waals surface area contributed by atoms with Gasteiger partial charge in [-0.25, -0.2) is 0 Å². The predicted octanol–water partition coefficient (Wildman–Crippen LogP) is 5.95. The van der Waals surface area contributed by atoms with Gasteiger partial charge in [-0.1, -0.05) is 36.4 Å². The number of nitrogens with zero attached hydrogens (tertiary/aromatic N) is 1. The lowest BCUT2D eigenvalue weighted by Gasteiger charge is -2.17. The van der Waals surface area contributed by atoms with E-state index in [4.69, 9.17) is 0 Å². The van der Waals surface area contributed by atoms with Crippen molar-refractivity contribution in [3.05, 3.63) is 77.5 Å². The van der Waals surface area contributed by atoms with Gasteiger partial charge in [0.1, 0.15) is 0 Å². The second-order valence-corrected chi connectivity index (χ2v) is 5.97. The second kappa shape index (κ2) is 7.27.